The molecular weight excluding hydrogens is 1990 g/mol. The number of nitrogens with zero attached hydrogens (tertiary/aromatic N) is 4. The number of rotatable bonds is 56. The number of amides is 2. The van der Waals surface area contributed by atoms with Gasteiger partial charge < -0.3 is 73.7 Å². The summed E-state index contributed by atoms with van der Waals surface area (Å²) in [5.74, 6) is 0.00523. The van der Waals surface area contributed by atoms with E-state index in [1.807, 2.05) is 0 Å². The SMILES string of the molecule is C.CC(=O)NCCCCOCCI.CC(=O)NCCCCOCCOS(C)(=O)=O.CS(=O)(=O)NCCCCOCCI.CS(=O)(=O)NCCCCOCCOS(C)(=O)=O.CS(=O)(=O)OCCOCCCCNc1ccc([N+](=O)[O-])cc1[N+](=O)[O-].O=[N+]([O-])c1ccc(NCCCCOCCI)c([N+](=O)[O-])c1.[I-].[Na+]. The molecule has 2 aromatic carbocycles. The van der Waals surface area contributed by atoms with Crippen LogP contribution in [0.3, 0.4) is 0 Å². The van der Waals surface area contributed by atoms with Crippen LogP contribution >= 0.6 is 67.8 Å². The Morgan fingerprint density at radius 1 is 0.374 bits per heavy atom. The minimum Gasteiger partial charge on any atom is -1.00 e. The summed E-state index contributed by atoms with van der Waals surface area (Å²) in [7, 11) is -16.4. The Kier molecular flexibility index (Phi) is 83.0. The van der Waals surface area contributed by atoms with Gasteiger partial charge >= 0.3 is 29.6 Å². The summed E-state index contributed by atoms with van der Waals surface area (Å²) in [5, 5.41) is 54.4. The second-order valence-corrected chi connectivity index (χ2v) is 33.0. The van der Waals surface area contributed by atoms with E-state index in [9.17, 15) is 92.1 Å². The summed E-state index contributed by atoms with van der Waals surface area (Å²) < 4.78 is 159. The van der Waals surface area contributed by atoms with Gasteiger partial charge in [0, 0.05) is 118 Å². The van der Waals surface area contributed by atoms with Gasteiger partial charge in [-0.05, 0) is 89.2 Å². The molecular formula is C58H109I4N10NaO29S5. The predicted molar refractivity (Wildman–Crippen MR) is 426 cm³/mol. The molecule has 0 heterocycles. The normalized spacial score (nSPS) is 10.9. The van der Waals surface area contributed by atoms with Crippen molar-refractivity contribution < 1.29 is 166 Å². The zero-order valence-electron chi connectivity index (χ0n) is 61.1. The molecule has 49 heteroatoms. The van der Waals surface area contributed by atoms with Crippen LogP contribution in [-0.2, 0) is 101 Å². The van der Waals surface area contributed by atoms with Gasteiger partial charge in [0.25, 0.3) is 53.1 Å². The van der Waals surface area contributed by atoms with Crippen molar-refractivity contribution in [2.24, 2.45) is 0 Å². The third-order valence-corrected chi connectivity index (χ3v) is 16.0. The van der Waals surface area contributed by atoms with Crippen molar-refractivity contribution in [1.82, 2.24) is 20.1 Å². The van der Waals surface area contributed by atoms with Gasteiger partial charge in [0.1, 0.15) is 11.4 Å². The van der Waals surface area contributed by atoms with E-state index in [-0.39, 0.29) is 141 Å². The van der Waals surface area contributed by atoms with Crippen LogP contribution < -0.4 is 84.2 Å². The quantitative estimate of drug-likeness (QED) is 0.0101. The molecule has 0 unspecified atom stereocenters. The number of sulfonamides is 2. The fourth-order valence-electron chi connectivity index (χ4n) is 6.84. The number of ether oxygens (including phenoxy) is 6. The van der Waals surface area contributed by atoms with Crippen molar-refractivity contribution in [2.45, 2.75) is 98.3 Å². The molecule has 0 bridgehead atoms. The van der Waals surface area contributed by atoms with Crippen molar-refractivity contribution in [3.63, 3.8) is 0 Å². The third-order valence-electron chi connectivity index (χ3n) is 11.4. The van der Waals surface area contributed by atoms with E-state index in [2.05, 4.69) is 111 Å². The van der Waals surface area contributed by atoms with Crippen LogP contribution in [0.2, 0.25) is 0 Å². The fraction of sp³-hybridized carbons (Fsp3) is 0.759. The molecule has 624 valence electrons. The number of benzene rings is 2. The van der Waals surface area contributed by atoms with Gasteiger partial charge in [-0.3, -0.25) is 62.6 Å². The van der Waals surface area contributed by atoms with Crippen LogP contribution in [-0.4, -0.2) is 257 Å². The number of nitro groups is 4. The topological polar surface area (TPSA) is 533 Å². The number of unbranched alkanes of at least 4 members (excludes halogenated alkanes) is 6. The Balaban J connectivity index is -0.000000227. The summed E-state index contributed by atoms with van der Waals surface area (Å²) in [5.41, 5.74) is -0.785. The number of nitro benzene ring substituents is 4. The Bertz CT molecular complexity index is 3230. The number of hydrogen-bond acceptors (Lipinski definition) is 31. The van der Waals surface area contributed by atoms with Crippen molar-refractivity contribution in [3.05, 3.63) is 76.9 Å². The molecule has 0 aliphatic rings. The van der Waals surface area contributed by atoms with Crippen molar-refractivity contribution in [2.75, 3.05) is 194 Å². The number of carbonyl (C=O) groups is 2. The Labute approximate surface area is 711 Å². The molecule has 2 amide bonds. The smallest absolute Gasteiger partial charge is 1.00 e. The zero-order chi connectivity index (χ0) is 79.7. The van der Waals surface area contributed by atoms with E-state index < -0.39 is 70.1 Å². The molecule has 0 spiro atoms. The van der Waals surface area contributed by atoms with E-state index in [0.29, 0.717) is 97.1 Å². The largest absolute Gasteiger partial charge is 1.00 e. The molecule has 0 saturated carbocycles. The van der Waals surface area contributed by atoms with E-state index in [4.69, 9.17) is 28.4 Å². The second-order valence-electron chi connectivity index (χ2n) is 21.1. The first-order chi connectivity index (χ1) is 48.7. The van der Waals surface area contributed by atoms with E-state index in [1.54, 1.807) is 0 Å². The minimum absolute atomic E-state index is 0. The standard InChI is InChI=1S/C13H19N3O8S.C12H16IN3O5.C9H19NO5S.C8H16INO2.C8H19NO6S2.C7H16INO3S.CH4.HI.Na/c1-25(21,22)24-9-8-23-7-3-2-6-14-12-5-4-11(15(17)18)10-13(12)16(19)20;13-5-8-21-7-2-1-6-14-11-4-3-10(15(17)18)9-12(11)16(19)20;1-9(11)10-5-3-4-6-14-7-8-15-16(2,12)13;1-8(11)10-5-2-3-6-12-7-4-9;1-16(10,11)9-5-3-4-6-14-7-8-15-17(2,12)13;1-13(10,11)9-5-2-3-6-12-7-4-8;;;/h4-5,10,14H,2-3,6-9H2,1H3;3-4,9,14H,1-2,5-8H2;3-8H2,1-2H3,(H,10,11);2-7H2,1H3,(H,10,11);9H,3-8H2,1-2H3;9H,2-7H2,1H3;1H4;1H;/q;;;;;;;;+1/p-1. The van der Waals surface area contributed by atoms with Gasteiger partial charge in [0.15, 0.2) is 0 Å². The number of alkyl halides is 3. The van der Waals surface area contributed by atoms with Crippen LogP contribution in [0.4, 0.5) is 34.1 Å². The minimum atomic E-state index is -3.46. The Morgan fingerprint density at radius 3 is 0.832 bits per heavy atom. The molecule has 0 aliphatic carbocycles. The van der Waals surface area contributed by atoms with Crippen molar-refractivity contribution in [3.8, 4) is 0 Å². The molecule has 0 atom stereocenters. The average molecular weight is 2100 g/mol. The van der Waals surface area contributed by atoms with E-state index >= 15 is 0 Å². The Morgan fingerprint density at radius 2 is 0.617 bits per heavy atom. The molecule has 39 nitrogen and oxygen atoms in total. The average Bonchev–Trinajstić information content (AvgIpc) is 0.848. The van der Waals surface area contributed by atoms with Crippen molar-refractivity contribution >= 4 is 164 Å². The first kappa shape index (κ1) is 118. The number of carbonyl (C=O) groups excluding carboxylic acids is 2. The number of hydrogen-bond donors (Lipinski definition) is 6. The van der Waals surface area contributed by atoms with Gasteiger partial charge in [0.2, 0.25) is 31.9 Å². The van der Waals surface area contributed by atoms with Crippen LogP contribution in [0.5, 0.6) is 0 Å². The first-order valence-corrected chi connectivity index (χ1v) is 45.9. The maximum absolute atomic E-state index is 11.0. The molecule has 2 aromatic rings. The van der Waals surface area contributed by atoms with Gasteiger partial charge in [-0.1, -0.05) is 75.2 Å². The monoisotopic (exact) mass is 2100 g/mol. The molecule has 2 rings (SSSR count). The van der Waals surface area contributed by atoms with Gasteiger partial charge in [0.05, 0.1) is 123 Å². The maximum atomic E-state index is 11.0. The van der Waals surface area contributed by atoms with E-state index in [0.717, 1.165) is 135 Å². The zero-order valence-corrected chi connectivity index (χ0v) is 75.8. The predicted octanol–water partition coefficient (Wildman–Crippen LogP) is 0.804. The van der Waals surface area contributed by atoms with Crippen LogP contribution in [0.1, 0.15) is 98.3 Å². The number of non-ortho nitro benzene ring substituents is 2. The molecule has 0 aliphatic heterocycles. The first-order valence-electron chi connectivity index (χ1n) is 32.1. The summed E-state index contributed by atoms with van der Waals surface area (Å²) in [6, 6.07) is 6.98. The molecule has 107 heavy (non-hydrogen) atoms. The number of halogens is 4. The fourth-order valence-corrected chi connectivity index (χ4v) is 9.92. The van der Waals surface area contributed by atoms with Crippen LogP contribution in [0, 0.1) is 40.5 Å². The van der Waals surface area contributed by atoms with E-state index in [1.165, 1.54) is 44.4 Å². The summed E-state index contributed by atoms with van der Waals surface area (Å²) in [6.45, 7) is 12.7. The molecule has 6 N–H and O–H groups in total. The molecule has 0 fully saturated rings. The van der Waals surface area contributed by atoms with Gasteiger partial charge in [-0.2, -0.15) is 25.3 Å². The Hall–Kier alpha value is -2.19. The summed E-state index contributed by atoms with van der Waals surface area (Å²) in [6.07, 6.45) is 14.9. The van der Waals surface area contributed by atoms with Gasteiger partial charge in [-0.25, -0.2) is 26.3 Å². The maximum Gasteiger partial charge on any atom is 1.00 e. The van der Waals surface area contributed by atoms with Gasteiger partial charge in [-0.15, -0.1) is 0 Å². The number of anilines is 2. The summed E-state index contributed by atoms with van der Waals surface area (Å²) >= 11 is 6.76. The third kappa shape index (κ3) is 92.6. The van der Waals surface area contributed by atoms with Crippen molar-refractivity contribution in [1.29, 1.82) is 0 Å². The van der Waals surface area contributed by atoms with Crippen LogP contribution in [0.15, 0.2) is 36.4 Å². The second kappa shape index (κ2) is 75.2. The van der Waals surface area contributed by atoms with Crippen LogP contribution in [0.25, 0.3) is 0 Å². The summed E-state index contributed by atoms with van der Waals surface area (Å²) in [4.78, 5) is 61.5. The molecule has 0 aromatic heterocycles. The number of nitrogens with one attached hydrogen (secondary N) is 6. The molecule has 0 saturated heterocycles. The molecule has 0 radical (unpaired) electrons.